The summed E-state index contributed by atoms with van der Waals surface area (Å²) in [6, 6.07) is 5.68. The quantitative estimate of drug-likeness (QED) is 0.451. The number of hydrogen-bond acceptors (Lipinski definition) is 5. The van der Waals surface area contributed by atoms with E-state index >= 15 is 0 Å². The van der Waals surface area contributed by atoms with Crippen LogP contribution in [0.15, 0.2) is 34.1 Å². The smallest absolute Gasteiger partial charge is 0.249 e. The van der Waals surface area contributed by atoms with Crippen LogP contribution in [-0.2, 0) is 4.79 Å². The van der Waals surface area contributed by atoms with Crippen LogP contribution in [0.1, 0.15) is 38.7 Å². The maximum atomic E-state index is 13.0. The summed E-state index contributed by atoms with van der Waals surface area (Å²) in [5.41, 5.74) is 2.46. The molecule has 0 saturated carbocycles. The minimum absolute atomic E-state index is 0.0402. The van der Waals surface area contributed by atoms with Crippen LogP contribution in [0, 0.1) is 0 Å². The molecule has 1 atom stereocenters. The molecule has 1 aliphatic heterocycles. The normalized spacial score (nSPS) is 16.6. The lowest BCUT2D eigenvalue weighted by molar-refractivity contribution is -0.127. The first-order valence-corrected chi connectivity index (χ1v) is 8.67. The van der Waals surface area contributed by atoms with E-state index in [-0.39, 0.29) is 12.1 Å². The molecule has 0 fully saturated rings. The number of ether oxygens (including phenoxy) is 1. The number of amides is 1. The fourth-order valence-corrected chi connectivity index (χ4v) is 2.96. The molecule has 7 nitrogen and oxygen atoms in total. The van der Waals surface area contributed by atoms with E-state index in [0.717, 1.165) is 42.9 Å². The Balaban J connectivity index is 2.41. The third-order valence-corrected chi connectivity index (χ3v) is 4.08. The van der Waals surface area contributed by atoms with Crippen LogP contribution in [0.2, 0.25) is 0 Å². The Hall–Kier alpha value is -2.57. The second kappa shape index (κ2) is 9.05. The van der Waals surface area contributed by atoms with Gasteiger partial charge in [0.1, 0.15) is 11.9 Å². The van der Waals surface area contributed by atoms with Crippen molar-refractivity contribution in [1.82, 2.24) is 4.90 Å². The average molecular weight is 345 g/mol. The molecule has 0 radical (unpaired) electrons. The van der Waals surface area contributed by atoms with Gasteiger partial charge in [-0.25, -0.2) is 0 Å². The standard InChI is InChI=1S/C18H27N5O2/c1-4-8-23(9-5-2)18(24)14-10-13-11-15(25-3)6-7-16(13)20-17(12-14)21-22-19/h6-7,10-11,17,20H,4-5,8-9,12H2,1-3H3,(H2,19,21). The minimum atomic E-state index is -0.375. The van der Waals surface area contributed by atoms with E-state index < -0.39 is 0 Å². The number of rotatable bonds is 7. The number of fused-ring (bicyclic) bond motifs is 1. The molecule has 136 valence electrons. The van der Waals surface area contributed by atoms with Crippen molar-refractivity contribution < 1.29 is 9.53 Å². The van der Waals surface area contributed by atoms with E-state index in [4.69, 9.17) is 10.6 Å². The molecule has 1 aromatic rings. The summed E-state index contributed by atoms with van der Waals surface area (Å²) in [4.78, 5) is 14.9. The molecule has 0 saturated heterocycles. The van der Waals surface area contributed by atoms with E-state index in [2.05, 4.69) is 29.5 Å². The number of nitrogens with zero attached hydrogens (tertiary/aromatic N) is 3. The van der Waals surface area contributed by atoms with Gasteiger partial charge < -0.3 is 20.8 Å². The largest absolute Gasteiger partial charge is 0.497 e. The van der Waals surface area contributed by atoms with Crippen molar-refractivity contribution in [3.63, 3.8) is 0 Å². The zero-order valence-corrected chi connectivity index (χ0v) is 15.2. The van der Waals surface area contributed by atoms with Crippen molar-refractivity contribution in [1.29, 1.82) is 0 Å². The van der Waals surface area contributed by atoms with Crippen LogP contribution >= 0.6 is 0 Å². The van der Waals surface area contributed by atoms with Crippen molar-refractivity contribution in [2.75, 3.05) is 25.5 Å². The van der Waals surface area contributed by atoms with Crippen molar-refractivity contribution in [3.05, 3.63) is 29.3 Å². The monoisotopic (exact) mass is 345 g/mol. The van der Waals surface area contributed by atoms with Crippen LogP contribution in [0.5, 0.6) is 5.75 Å². The van der Waals surface area contributed by atoms with Crippen molar-refractivity contribution in [2.24, 2.45) is 16.2 Å². The van der Waals surface area contributed by atoms with E-state index in [1.165, 1.54) is 0 Å². The maximum absolute atomic E-state index is 13.0. The number of anilines is 1. The first-order chi connectivity index (χ1) is 12.1. The lowest BCUT2D eigenvalue weighted by Crippen LogP contribution is -2.34. The fourth-order valence-electron chi connectivity index (χ4n) is 2.96. The van der Waals surface area contributed by atoms with E-state index in [1.54, 1.807) is 7.11 Å². The molecular formula is C18H27N5O2. The van der Waals surface area contributed by atoms with Crippen LogP contribution in [0.4, 0.5) is 5.69 Å². The number of benzene rings is 1. The van der Waals surface area contributed by atoms with Crippen LogP contribution in [0.25, 0.3) is 6.08 Å². The number of hydrogen-bond donors (Lipinski definition) is 2. The molecule has 2 rings (SSSR count). The fraction of sp³-hybridized carbons (Fsp3) is 0.500. The molecule has 25 heavy (non-hydrogen) atoms. The zero-order chi connectivity index (χ0) is 18.2. The van der Waals surface area contributed by atoms with Gasteiger partial charge in [-0.2, -0.15) is 0 Å². The van der Waals surface area contributed by atoms with Gasteiger partial charge in [-0.05, 0) is 37.1 Å². The van der Waals surface area contributed by atoms with Crippen LogP contribution in [-0.4, -0.2) is 37.2 Å². The van der Waals surface area contributed by atoms with Crippen LogP contribution in [0.3, 0.4) is 0 Å². The summed E-state index contributed by atoms with van der Waals surface area (Å²) in [7, 11) is 1.62. The first kappa shape index (κ1) is 18.8. The number of nitrogens with one attached hydrogen (secondary N) is 1. The Morgan fingerprint density at radius 1 is 1.36 bits per heavy atom. The summed E-state index contributed by atoms with van der Waals surface area (Å²) in [6.07, 6.45) is 3.82. The summed E-state index contributed by atoms with van der Waals surface area (Å²) >= 11 is 0. The number of nitrogens with two attached hydrogens (primary N) is 1. The van der Waals surface area contributed by atoms with Gasteiger partial charge in [0.2, 0.25) is 5.91 Å². The lowest BCUT2D eigenvalue weighted by atomic mass is 10.1. The molecule has 1 aromatic carbocycles. The van der Waals surface area contributed by atoms with Crippen molar-refractivity contribution >= 4 is 17.7 Å². The lowest BCUT2D eigenvalue weighted by Gasteiger charge is -2.23. The van der Waals surface area contributed by atoms with Crippen molar-refractivity contribution in [3.8, 4) is 5.75 Å². The molecule has 1 heterocycles. The highest BCUT2D eigenvalue weighted by Gasteiger charge is 2.24. The highest BCUT2D eigenvalue weighted by molar-refractivity contribution is 5.99. The Morgan fingerprint density at radius 2 is 2.08 bits per heavy atom. The Kier molecular flexibility index (Phi) is 6.80. The average Bonchev–Trinajstić information content (AvgIpc) is 2.79. The van der Waals surface area contributed by atoms with E-state index in [9.17, 15) is 4.79 Å². The summed E-state index contributed by atoms with van der Waals surface area (Å²) < 4.78 is 5.30. The molecule has 1 aliphatic rings. The molecule has 0 bridgehead atoms. The predicted molar refractivity (Wildman–Crippen MR) is 99.2 cm³/mol. The zero-order valence-electron chi connectivity index (χ0n) is 15.2. The Morgan fingerprint density at radius 3 is 2.68 bits per heavy atom. The van der Waals surface area contributed by atoms with Gasteiger partial charge in [0.25, 0.3) is 0 Å². The molecular weight excluding hydrogens is 318 g/mol. The van der Waals surface area contributed by atoms with Gasteiger partial charge >= 0.3 is 0 Å². The molecule has 1 amide bonds. The SMILES string of the molecule is CCCN(CCC)C(=O)C1=Cc2cc(OC)ccc2NC(N=NN)C1. The van der Waals surface area contributed by atoms with Gasteiger partial charge in [-0.15, -0.1) is 5.11 Å². The van der Waals surface area contributed by atoms with E-state index in [1.807, 2.05) is 29.2 Å². The predicted octanol–water partition coefficient (Wildman–Crippen LogP) is 3.19. The number of methoxy groups -OCH3 is 1. The van der Waals surface area contributed by atoms with Gasteiger partial charge in [0, 0.05) is 36.3 Å². The molecule has 0 aromatic heterocycles. The Bertz CT molecular complexity index is 651. The minimum Gasteiger partial charge on any atom is -0.497 e. The second-order valence-corrected chi connectivity index (χ2v) is 6.01. The number of carbonyl (C=O) groups is 1. The highest BCUT2D eigenvalue weighted by Crippen LogP contribution is 2.30. The molecule has 7 heteroatoms. The van der Waals surface area contributed by atoms with Crippen LogP contribution < -0.4 is 15.9 Å². The van der Waals surface area contributed by atoms with Gasteiger partial charge in [0.05, 0.1) is 7.11 Å². The molecule has 1 unspecified atom stereocenters. The molecule has 3 N–H and O–H groups in total. The number of carbonyl (C=O) groups excluding carboxylic acids is 1. The molecule has 0 aliphatic carbocycles. The summed E-state index contributed by atoms with van der Waals surface area (Å²) in [6.45, 7) is 5.63. The Labute approximate surface area is 148 Å². The van der Waals surface area contributed by atoms with Crippen molar-refractivity contribution in [2.45, 2.75) is 39.3 Å². The maximum Gasteiger partial charge on any atom is 0.249 e. The summed E-state index contributed by atoms with van der Waals surface area (Å²) in [5, 5.41) is 10.7. The second-order valence-electron chi connectivity index (χ2n) is 6.01. The van der Waals surface area contributed by atoms with Gasteiger partial charge in [-0.3, -0.25) is 4.79 Å². The highest BCUT2D eigenvalue weighted by atomic mass is 16.5. The topological polar surface area (TPSA) is 92.3 Å². The van der Waals surface area contributed by atoms with Gasteiger partial charge in [0.15, 0.2) is 0 Å². The third-order valence-electron chi connectivity index (χ3n) is 4.08. The summed E-state index contributed by atoms with van der Waals surface area (Å²) in [5.74, 6) is 6.01. The van der Waals surface area contributed by atoms with E-state index in [0.29, 0.717) is 12.0 Å². The first-order valence-electron chi connectivity index (χ1n) is 8.67. The third kappa shape index (κ3) is 4.71. The van der Waals surface area contributed by atoms with Gasteiger partial charge in [-0.1, -0.05) is 19.1 Å². The molecule has 0 spiro atoms.